The molecule has 1 heterocycles. The first-order valence-corrected chi connectivity index (χ1v) is 15.0. The minimum Gasteiger partial charge on any atom is -0.490 e. The highest BCUT2D eigenvalue weighted by molar-refractivity contribution is 7.27. The molecule has 3 rings (SSSR count). The molecule has 0 bridgehead atoms. The molecule has 0 aliphatic rings. The minimum absolute atomic E-state index is 0.00695. The van der Waals surface area contributed by atoms with E-state index in [0.29, 0.717) is 12.2 Å². The van der Waals surface area contributed by atoms with Gasteiger partial charge in [-0.3, -0.25) is 0 Å². The number of anilines is 1. The van der Waals surface area contributed by atoms with Gasteiger partial charge in [-0.1, -0.05) is 51.1 Å². The number of ether oxygens (including phenoxy) is 4. The van der Waals surface area contributed by atoms with Crippen molar-refractivity contribution in [1.82, 2.24) is 4.98 Å². The van der Waals surface area contributed by atoms with Crippen molar-refractivity contribution < 1.29 is 23.7 Å². The van der Waals surface area contributed by atoms with Gasteiger partial charge in [0.25, 0.3) is 0 Å². The number of nitrogens with zero attached hydrogens (tertiary/aromatic N) is 1. The highest BCUT2D eigenvalue weighted by atomic mass is 31.0. The molecule has 42 heavy (non-hydrogen) atoms. The van der Waals surface area contributed by atoms with Crippen molar-refractivity contribution in [3.05, 3.63) is 89.3 Å². The molecule has 1 N–H and O–H groups in total. The standard InChI is InChI=1S/C20H27O3P.C12H16N2O2.C2H6/c1-14-9-18(12-19(10-14)23-16(3)13-21-4)22-15(2)11-17-5-7-20(24)8-6-17;1-4-5-9(2)14-11-7-6-10(8-13-11)12(15)16-3;1-2/h5-10,12,15-16H,11,13,24H2,1-4H3;5-8H,4H2,1-3H3,(H,13,14);1-2H3/b;9-5+;. The summed E-state index contributed by atoms with van der Waals surface area (Å²) < 4.78 is 21.7. The van der Waals surface area contributed by atoms with Gasteiger partial charge in [0.2, 0.25) is 0 Å². The van der Waals surface area contributed by atoms with Gasteiger partial charge in [0, 0.05) is 31.5 Å². The molecule has 8 heteroatoms. The summed E-state index contributed by atoms with van der Waals surface area (Å²) in [4.78, 5) is 15.3. The van der Waals surface area contributed by atoms with E-state index in [1.54, 1.807) is 19.2 Å². The molecule has 0 radical (unpaired) electrons. The minimum atomic E-state index is -0.375. The number of pyridine rings is 1. The van der Waals surface area contributed by atoms with Crippen LogP contribution < -0.4 is 20.1 Å². The van der Waals surface area contributed by atoms with Crippen molar-refractivity contribution in [2.45, 2.75) is 73.5 Å². The van der Waals surface area contributed by atoms with E-state index in [1.807, 2.05) is 52.8 Å². The van der Waals surface area contributed by atoms with E-state index in [-0.39, 0.29) is 18.2 Å². The van der Waals surface area contributed by atoms with Gasteiger partial charge in [0.15, 0.2) is 0 Å². The summed E-state index contributed by atoms with van der Waals surface area (Å²) in [5.41, 5.74) is 3.88. The summed E-state index contributed by atoms with van der Waals surface area (Å²) in [6.07, 6.45) is 5.50. The van der Waals surface area contributed by atoms with Crippen LogP contribution in [0.15, 0.2) is 72.6 Å². The van der Waals surface area contributed by atoms with Crippen LogP contribution in [-0.4, -0.2) is 44.0 Å². The van der Waals surface area contributed by atoms with E-state index in [9.17, 15) is 4.79 Å². The lowest BCUT2D eigenvalue weighted by molar-refractivity contribution is 0.0600. The van der Waals surface area contributed by atoms with Crippen LogP contribution in [0.4, 0.5) is 5.82 Å². The topological polar surface area (TPSA) is 78.9 Å². The molecule has 0 aliphatic heterocycles. The van der Waals surface area contributed by atoms with Gasteiger partial charge in [0.1, 0.15) is 23.4 Å². The van der Waals surface area contributed by atoms with Crippen LogP contribution in [0.1, 0.15) is 69.4 Å². The van der Waals surface area contributed by atoms with Crippen LogP contribution in [0.25, 0.3) is 0 Å². The fourth-order valence-electron chi connectivity index (χ4n) is 3.88. The third-order valence-electron chi connectivity index (χ3n) is 5.62. The second-order valence-electron chi connectivity index (χ2n) is 9.58. The summed E-state index contributed by atoms with van der Waals surface area (Å²) in [5, 5.41) is 4.32. The molecule has 0 amide bonds. The predicted octanol–water partition coefficient (Wildman–Crippen LogP) is 7.54. The van der Waals surface area contributed by atoms with E-state index >= 15 is 0 Å². The fraction of sp³-hybridized carbons (Fsp3) is 0.412. The number of allylic oxidation sites excluding steroid dienone is 2. The molecule has 0 saturated heterocycles. The van der Waals surface area contributed by atoms with Crippen LogP contribution in [0, 0.1) is 6.92 Å². The Morgan fingerprint density at radius 1 is 0.976 bits per heavy atom. The predicted molar refractivity (Wildman–Crippen MR) is 177 cm³/mol. The molecule has 0 aliphatic carbocycles. The summed E-state index contributed by atoms with van der Waals surface area (Å²) in [7, 11) is 5.73. The summed E-state index contributed by atoms with van der Waals surface area (Å²) in [6.45, 7) is 14.7. The maximum atomic E-state index is 11.2. The first kappa shape index (κ1) is 36.6. The van der Waals surface area contributed by atoms with Crippen molar-refractivity contribution in [1.29, 1.82) is 0 Å². The SMILES string of the molecule is CC.CC/C=C(\C)Nc1ccc(C(=O)OC)cn1.COCC(C)Oc1cc(C)cc(OC(C)Cc2ccc(P)cc2)c1. The number of aryl methyl sites for hydroxylation is 1. The number of esters is 1. The van der Waals surface area contributed by atoms with Crippen molar-refractivity contribution in [3.8, 4) is 11.5 Å². The van der Waals surface area contributed by atoms with Crippen molar-refractivity contribution in [2.75, 3.05) is 26.1 Å². The number of carbonyl (C=O) groups is 1. The number of methoxy groups -OCH3 is 2. The van der Waals surface area contributed by atoms with Crippen LogP contribution >= 0.6 is 9.24 Å². The summed E-state index contributed by atoms with van der Waals surface area (Å²) in [6, 6.07) is 17.9. The first-order valence-electron chi connectivity index (χ1n) is 14.4. The molecule has 3 atom stereocenters. The Labute approximate surface area is 255 Å². The molecule has 7 nitrogen and oxygen atoms in total. The molecule has 3 aromatic rings. The Morgan fingerprint density at radius 3 is 2.12 bits per heavy atom. The zero-order valence-electron chi connectivity index (χ0n) is 26.7. The third kappa shape index (κ3) is 14.5. The highest BCUT2D eigenvalue weighted by Gasteiger charge is 2.10. The number of benzene rings is 2. The second-order valence-corrected chi connectivity index (χ2v) is 10.3. The van der Waals surface area contributed by atoms with E-state index in [2.05, 4.69) is 68.5 Å². The third-order valence-corrected chi connectivity index (χ3v) is 6.01. The van der Waals surface area contributed by atoms with Crippen LogP contribution in [0.5, 0.6) is 11.5 Å². The van der Waals surface area contributed by atoms with Gasteiger partial charge in [-0.05, 0) is 74.8 Å². The van der Waals surface area contributed by atoms with E-state index < -0.39 is 0 Å². The molecule has 0 fully saturated rings. The largest absolute Gasteiger partial charge is 0.490 e. The van der Waals surface area contributed by atoms with Crippen molar-refractivity contribution in [2.24, 2.45) is 0 Å². The smallest absolute Gasteiger partial charge is 0.339 e. The molecule has 0 spiro atoms. The van der Waals surface area contributed by atoms with Crippen LogP contribution in [-0.2, 0) is 15.9 Å². The van der Waals surface area contributed by atoms with Crippen LogP contribution in [0.3, 0.4) is 0 Å². The van der Waals surface area contributed by atoms with Gasteiger partial charge < -0.3 is 24.3 Å². The fourth-order valence-corrected chi connectivity index (χ4v) is 4.07. The van der Waals surface area contributed by atoms with Crippen molar-refractivity contribution >= 4 is 26.3 Å². The quantitative estimate of drug-likeness (QED) is 0.171. The normalized spacial score (nSPS) is 12.0. The lowest BCUT2D eigenvalue weighted by Gasteiger charge is -2.18. The van der Waals surface area contributed by atoms with Gasteiger partial charge >= 0.3 is 5.97 Å². The Morgan fingerprint density at radius 2 is 1.60 bits per heavy atom. The lowest BCUT2D eigenvalue weighted by atomic mass is 10.1. The molecular weight excluding hydrogens is 547 g/mol. The number of nitrogens with one attached hydrogen (secondary N) is 1. The Balaban J connectivity index is 0.000000426. The number of hydrogen-bond donors (Lipinski definition) is 1. The Hall–Kier alpha value is -3.41. The Kier molecular flexibility index (Phi) is 17.8. The van der Waals surface area contributed by atoms with Crippen molar-refractivity contribution in [3.63, 3.8) is 0 Å². The maximum absolute atomic E-state index is 11.2. The van der Waals surface area contributed by atoms with Gasteiger partial charge in [-0.2, -0.15) is 0 Å². The molecular formula is C34H49N2O5P. The van der Waals surface area contributed by atoms with E-state index in [0.717, 1.165) is 41.4 Å². The molecule has 0 saturated carbocycles. The maximum Gasteiger partial charge on any atom is 0.339 e. The average Bonchev–Trinajstić information content (AvgIpc) is 2.95. The van der Waals surface area contributed by atoms with E-state index in [4.69, 9.17) is 14.2 Å². The first-order chi connectivity index (χ1) is 20.1. The highest BCUT2D eigenvalue weighted by Crippen LogP contribution is 2.25. The summed E-state index contributed by atoms with van der Waals surface area (Å²) in [5.74, 6) is 1.99. The van der Waals surface area contributed by atoms with E-state index in [1.165, 1.54) is 24.2 Å². The Bertz CT molecular complexity index is 1210. The number of aromatic nitrogens is 1. The summed E-state index contributed by atoms with van der Waals surface area (Å²) >= 11 is 0. The van der Waals surface area contributed by atoms with Gasteiger partial charge in [-0.15, -0.1) is 9.24 Å². The van der Waals surface area contributed by atoms with Gasteiger partial charge in [0.05, 0.1) is 25.4 Å². The zero-order valence-corrected chi connectivity index (χ0v) is 27.8. The molecule has 2 aromatic carbocycles. The van der Waals surface area contributed by atoms with Gasteiger partial charge in [-0.25, -0.2) is 9.78 Å². The second kappa shape index (κ2) is 20.5. The molecule has 3 unspecified atom stereocenters. The zero-order chi connectivity index (χ0) is 31.5. The number of hydrogen-bond acceptors (Lipinski definition) is 7. The lowest BCUT2D eigenvalue weighted by Crippen LogP contribution is -2.18. The number of rotatable bonds is 12. The average molecular weight is 597 g/mol. The number of carbonyl (C=O) groups excluding carboxylic acids is 1. The monoisotopic (exact) mass is 596 g/mol. The van der Waals surface area contributed by atoms with Crippen LogP contribution in [0.2, 0.25) is 0 Å². The molecule has 1 aromatic heterocycles. The molecule has 230 valence electrons.